The van der Waals surface area contributed by atoms with Crippen molar-refractivity contribution >= 4 is 5.91 Å². The number of benzene rings is 1. The summed E-state index contributed by atoms with van der Waals surface area (Å²) in [5.41, 5.74) is 0.485. The maximum absolute atomic E-state index is 11.9. The zero-order valence-corrected chi connectivity index (χ0v) is 11.3. The van der Waals surface area contributed by atoms with Gasteiger partial charge in [0, 0.05) is 13.1 Å². The van der Waals surface area contributed by atoms with E-state index >= 15 is 0 Å². The van der Waals surface area contributed by atoms with Gasteiger partial charge < -0.3 is 15.5 Å². The third-order valence-electron chi connectivity index (χ3n) is 3.82. The van der Waals surface area contributed by atoms with Gasteiger partial charge in [-0.2, -0.15) is 0 Å². The molecule has 1 amide bonds. The molecular formula is C14H20N2O3. The number of nitrogens with zero attached hydrogens (tertiary/aromatic N) is 1. The topological polar surface area (TPSA) is 72.8 Å². The Balaban J connectivity index is 2.28. The van der Waals surface area contributed by atoms with Gasteiger partial charge in [0.05, 0.1) is 11.6 Å². The number of carbonyl (C=O) groups excluding carboxylic acids is 1. The van der Waals surface area contributed by atoms with Crippen molar-refractivity contribution < 1.29 is 15.0 Å². The van der Waals surface area contributed by atoms with Crippen LogP contribution in [0.25, 0.3) is 0 Å². The van der Waals surface area contributed by atoms with Gasteiger partial charge in [-0.25, -0.2) is 0 Å². The van der Waals surface area contributed by atoms with Crippen LogP contribution in [0.4, 0.5) is 0 Å². The summed E-state index contributed by atoms with van der Waals surface area (Å²) in [6.07, 6.45) is 1.75. The van der Waals surface area contributed by atoms with Crippen molar-refractivity contribution in [1.29, 1.82) is 0 Å². The van der Waals surface area contributed by atoms with Crippen molar-refractivity contribution in [3.8, 4) is 11.5 Å². The first-order valence-electron chi connectivity index (χ1n) is 6.54. The molecule has 5 nitrogen and oxygen atoms in total. The normalized spacial score (nSPS) is 21.3. The monoisotopic (exact) mass is 264 g/mol. The number of carbonyl (C=O) groups is 1. The fourth-order valence-electron chi connectivity index (χ4n) is 2.84. The van der Waals surface area contributed by atoms with Gasteiger partial charge in [-0.15, -0.1) is 0 Å². The zero-order chi connectivity index (χ0) is 14.0. The number of nitrogens with one attached hydrogen (secondary N) is 1. The molecule has 0 aromatic heterocycles. The average Bonchev–Trinajstić information content (AvgIpc) is 2.86. The molecule has 1 aromatic carbocycles. The minimum Gasteiger partial charge on any atom is -0.507 e. The Bertz CT molecular complexity index is 456. The fourth-order valence-corrected chi connectivity index (χ4v) is 2.84. The van der Waals surface area contributed by atoms with Crippen molar-refractivity contribution in [2.45, 2.75) is 31.8 Å². The van der Waals surface area contributed by atoms with Crippen molar-refractivity contribution in [2.24, 2.45) is 0 Å². The molecule has 2 atom stereocenters. The highest BCUT2D eigenvalue weighted by Crippen LogP contribution is 2.38. The predicted octanol–water partition coefficient (Wildman–Crippen LogP) is 1.37. The number of aromatic hydroxyl groups is 2. The van der Waals surface area contributed by atoms with Crippen LogP contribution in [0.15, 0.2) is 18.2 Å². The van der Waals surface area contributed by atoms with Crippen LogP contribution in [0.1, 0.15) is 31.4 Å². The zero-order valence-electron chi connectivity index (χ0n) is 11.3. The van der Waals surface area contributed by atoms with Crippen LogP contribution in [0, 0.1) is 0 Å². The highest BCUT2D eigenvalue weighted by molar-refractivity contribution is 5.81. The number of rotatable bonds is 3. The second-order valence-corrected chi connectivity index (χ2v) is 4.90. The van der Waals surface area contributed by atoms with E-state index in [0.29, 0.717) is 5.56 Å². The fraction of sp³-hybridized carbons (Fsp3) is 0.500. The summed E-state index contributed by atoms with van der Waals surface area (Å²) < 4.78 is 0. The number of likely N-dealkylation sites (tertiary alicyclic amines) is 1. The molecule has 1 heterocycles. The highest BCUT2D eigenvalue weighted by atomic mass is 16.3. The number of hydrogen-bond donors (Lipinski definition) is 3. The molecule has 3 N–H and O–H groups in total. The first kappa shape index (κ1) is 13.7. The van der Waals surface area contributed by atoms with Gasteiger partial charge in [-0.05, 0) is 38.4 Å². The SMILES string of the molecule is CNC(=O)C1CCCN1C(C)c1c(O)cccc1O. The third kappa shape index (κ3) is 2.51. The minimum atomic E-state index is -0.203. The van der Waals surface area contributed by atoms with Crippen LogP contribution in [-0.4, -0.2) is 40.7 Å². The Morgan fingerprint density at radius 2 is 2.05 bits per heavy atom. The largest absolute Gasteiger partial charge is 0.507 e. The summed E-state index contributed by atoms with van der Waals surface area (Å²) in [6, 6.07) is 4.30. The van der Waals surface area contributed by atoms with Crippen molar-refractivity contribution in [3.63, 3.8) is 0 Å². The maximum atomic E-state index is 11.9. The molecule has 0 saturated carbocycles. The maximum Gasteiger partial charge on any atom is 0.237 e. The van der Waals surface area contributed by atoms with Gasteiger partial charge in [-0.3, -0.25) is 9.69 Å². The Labute approximate surface area is 112 Å². The van der Waals surface area contributed by atoms with E-state index < -0.39 is 0 Å². The summed E-state index contributed by atoms with van der Waals surface area (Å²) in [5, 5.41) is 22.5. The Morgan fingerprint density at radius 1 is 1.42 bits per heavy atom. The van der Waals surface area contributed by atoms with Crippen LogP contribution in [0.2, 0.25) is 0 Å². The van der Waals surface area contributed by atoms with Gasteiger partial charge >= 0.3 is 0 Å². The van der Waals surface area contributed by atoms with E-state index in [1.54, 1.807) is 25.2 Å². The van der Waals surface area contributed by atoms with Crippen LogP contribution < -0.4 is 5.32 Å². The average molecular weight is 264 g/mol. The Morgan fingerprint density at radius 3 is 2.63 bits per heavy atom. The van der Waals surface area contributed by atoms with Crippen molar-refractivity contribution in [1.82, 2.24) is 10.2 Å². The number of likely N-dealkylation sites (N-methyl/N-ethyl adjacent to an activating group) is 1. The van der Waals surface area contributed by atoms with Crippen LogP contribution in [0.5, 0.6) is 11.5 Å². The van der Waals surface area contributed by atoms with Crippen molar-refractivity contribution in [3.05, 3.63) is 23.8 Å². The summed E-state index contributed by atoms with van der Waals surface area (Å²) in [6.45, 7) is 2.68. The molecular weight excluding hydrogens is 244 g/mol. The quantitative estimate of drug-likeness (QED) is 0.771. The number of phenolic OH excluding ortho intramolecular Hbond substituents is 2. The molecule has 2 unspecified atom stereocenters. The Hall–Kier alpha value is -1.75. The van der Waals surface area contributed by atoms with E-state index in [0.717, 1.165) is 19.4 Å². The van der Waals surface area contributed by atoms with Gasteiger partial charge in [-0.1, -0.05) is 6.07 Å². The molecule has 0 aliphatic carbocycles. The molecule has 0 bridgehead atoms. The molecule has 1 aromatic rings. The standard InChI is InChI=1S/C14H20N2O3/c1-9(13-11(17)6-3-7-12(13)18)16-8-4-5-10(16)14(19)15-2/h3,6-7,9-10,17-18H,4-5,8H2,1-2H3,(H,15,19). The number of amides is 1. The lowest BCUT2D eigenvalue weighted by Crippen LogP contribution is -2.43. The second kappa shape index (κ2) is 5.48. The van der Waals surface area contributed by atoms with Gasteiger partial charge in [0.25, 0.3) is 0 Å². The van der Waals surface area contributed by atoms with Gasteiger partial charge in [0.1, 0.15) is 11.5 Å². The predicted molar refractivity (Wildman–Crippen MR) is 72.0 cm³/mol. The Kier molecular flexibility index (Phi) is 3.95. The molecule has 1 fully saturated rings. The van der Waals surface area contributed by atoms with Gasteiger partial charge in [0.15, 0.2) is 0 Å². The van der Waals surface area contributed by atoms with Crippen LogP contribution in [-0.2, 0) is 4.79 Å². The van der Waals surface area contributed by atoms with Gasteiger partial charge in [0.2, 0.25) is 5.91 Å². The van der Waals surface area contributed by atoms with E-state index in [9.17, 15) is 15.0 Å². The van der Waals surface area contributed by atoms with E-state index in [1.165, 1.54) is 0 Å². The molecule has 2 rings (SSSR count). The van der Waals surface area contributed by atoms with E-state index in [-0.39, 0.29) is 29.5 Å². The summed E-state index contributed by atoms with van der Waals surface area (Å²) in [5.74, 6) is 0.115. The lowest BCUT2D eigenvalue weighted by molar-refractivity contribution is -0.125. The molecule has 1 aliphatic rings. The molecule has 0 spiro atoms. The molecule has 5 heteroatoms. The van der Waals surface area contributed by atoms with Crippen LogP contribution >= 0.6 is 0 Å². The smallest absolute Gasteiger partial charge is 0.237 e. The molecule has 1 saturated heterocycles. The summed E-state index contributed by atoms with van der Waals surface area (Å²) in [4.78, 5) is 13.9. The number of phenols is 2. The van der Waals surface area contributed by atoms with Crippen molar-refractivity contribution in [2.75, 3.05) is 13.6 Å². The first-order chi connectivity index (χ1) is 9.06. The van der Waals surface area contributed by atoms with Crippen LogP contribution in [0.3, 0.4) is 0 Å². The molecule has 19 heavy (non-hydrogen) atoms. The third-order valence-corrected chi connectivity index (χ3v) is 3.82. The minimum absolute atomic E-state index is 0.0146. The molecule has 0 radical (unpaired) electrons. The van der Waals surface area contributed by atoms with E-state index in [2.05, 4.69) is 5.32 Å². The summed E-state index contributed by atoms with van der Waals surface area (Å²) >= 11 is 0. The first-order valence-corrected chi connectivity index (χ1v) is 6.54. The highest BCUT2D eigenvalue weighted by Gasteiger charge is 2.35. The second-order valence-electron chi connectivity index (χ2n) is 4.90. The summed E-state index contributed by atoms with van der Waals surface area (Å²) in [7, 11) is 1.63. The van der Waals surface area contributed by atoms with E-state index in [4.69, 9.17) is 0 Å². The lowest BCUT2D eigenvalue weighted by Gasteiger charge is -2.30. The van der Waals surface area contributed by atoms with E-state index in [1.807, 2.05) is 11.8 Å². The number of hydrogen-bond acceptors (Lipinski definition) is 4. The molecule has 104 valence electrons. The lowest BCUT2D eigenvalue weighted by atomic mass is 10.0. The molecule has 1 aliphatic heterocycles.